The number of carbonyl (C=O) groups is 1. The van der Waals surface area contributed by atoms with Crippen LogP contribution < -0.4 is 11.1 Å². The summed E-state index contributed by atoms with van der Waals surface area (Å²) in [6, 6.07) is 7.79. The maximum Gasteiger partial charge on any atom is 0.339 e. The standard InChI is InChI=1S/C23H27N5O2/c1-12-7-9-18(10-8-12)25-23-27-19(26-22(24)28-23)11-30-21(29)20-16(5)14(3)13(2)15(4)17(20)6/h7-10H,11H2,1-6H3,(H3,24,25,26,27,28). The molecular weight excluding hydrogens is 378 g/mol. The molecule has 30 heavy (non-hydrogen) atoms. The minimum atomic E-state index is -0.400. The number of ether oxygens (including phenoxy) is 1. The lowest BCUT2D eigenvalue weighted by atomic mass is 9.90. The van der Waals surface area contributed by atoms with Gasteiger partial charge in [-0.15, -0.1) is 0 Å². The van der Waals surface area contributed by atoms with Crippen LogP contribution in [0.5, 0.6) is 0 Å². The Morgan fingerprint density at radius 3 is 2.03 bits per heavy atom. The lowest BCUT2D eigenvalue weighted by Crippen LogP contribution is -2.14. The summed E-state index contributed by atoms with van der Waals surface area (Å²) in [4.78, 5) is 25.3. The van der Waals surface area contributed by atoms with Crippen molar-refractivity contribution in [2.24, 2.45) is 0 Å². The summed E-state index contributed by atoms with van der Waals surface area (Å²) in [6.07, 6.45) is 0. The van der Waals surface area contributed by atoms with Crippen molar-refractivity contribution in [1.29, 1.82) is 0 Å². The maximum absolute atomic E-state index is 12.8. The van der Waals surface area contributed by atoms with Crippen LogP contribution in [0.4, 0.5) is 17.6 Å². The number of benzene rings is 2. The van der Waals surface area contributed by atoms with Crippen molar-refractivity contribution >= 4 is 23.6 Å². The molecule has 0 aliphatic rings. The molecule has 0 saturated heterocycles. The average Bonchev–Trinajstić information content (AvgIpc) is 2.71. The molecule has 0 fully saturated rings. The Kier molecular flexibility index (Phi) is 6.01. The van der Waals surface area contributed by atoms with E-state index in [-0.39, 0.29) is 18.4 Å². The first-order chi connectivity index (χ1) is 14.2. The molecule has 1 heterocycles. The molecule has 1 aromatic heterocycles. The number of rotatable bonds is 5. The fourth-order valence-corrected chi connectivity index (χ4v) is 3.33. The van der Waals surface area contributed by atoms with E-state index in [2.05, 4.69) is 27.2 Å². The second-order valence-electron chi connectivity index (χ2n) is 7.50. The summed E-state index contributed by atoms with van der Waals surface area (Å²) in [6.45, 7) is 11.9. The molecule has 0 aliphatic carbocycles. The van der Waals surface area contributed by atoms with Gasteiger partial charge in [0.05, 0.1) is 5.56 Å². The molecule has 0 radical (unpaired) electrons. The van der Waals surface area contributed by atoms with Gasteiger partial charge in [-0.3, -0.25) is 0 Å². The van der Waals surface area contributed by atoms with E-state index in [1.807, 2.05) is 58.9 Å². The summed E-state index contributed by atoms with van der Waals surface area (Å²) in [7, 11) is 0. The molecule has 156 valence electrons. The predicted octanol–water partition coefficient (Wildman–Crippen LogP) is 4.40. The Morgan fingerprint density at radius 2 is 1.43 bits per heavy atom. The summed E-state index contributed by atoms with van der Waals surface area (Å²) in [5.41, 5.74) is 13.6. The molecule has 0 saturated carbocycles. The monoisotopic (exact) mass is 405 g/mol. The first-order valence-corrected chi connectivity index (χ1v) is 9.75. The zero-order chi connectivity index (χ0) is 22.0. The Hall–Kier alpha value is -3.48. The van der Waals surface area contributed by atoms with Gasteiger partial charge >= 0.3 is 5.97 Å². The number of nitrogens with two attached hydrogens (primary N) is 1. The van der Waals surface area contributed by atoms with Crippen LogP contribution in [0.3, 0.4) is 0 Å². The largest absolute Gasteiger partial charge is 0.454 e. The van der Waals surface area contributed by atoms with Crippen LogP contribution in [0, 0.1) is 41.5 Å². The molecule has 2 aromatic carbocycles. The van der Waals surface area contributed by atoms with Gasteiger partial charge in [0, 0.05) is 5.69 Å². The number of anilines is 3. The van der Waals surface area contributed by atoms with Crippen molar-refractivity contribution in [2.45, 2.75) is 48.1 Å². The number of esters is 1. The van der Waals surface area contributed by atoms with Gasteiger partial charge < -0.3 is 15.8 Å². The highest BCUT2D eigenvalue weighted by Gasteiger charge is 2.20. The van der Waals surface area contributed by atoms with Gasteiger partial charge in [0.2, 0.25) is 11.9 Å². The van der Waals surface area contributed by atoms with E-state index in [0.717, 1.165) is 33.5 Å². The third-order valence-corrected chi connectivity index (χ3v) is 5.54. The van der Waals surface area contributed by atoms with Crippen LogP contribution >= 0.6 is 0 Å². The number of nitrogen functional groups attached to an aromatic ring is 1. The van der Waals surface area contributed by atoms with E-state index in [1.165, 1.54) is 5.56 Å². The fourth-order valence-electron chi connectivity index (χ4n) is 3.33. The highest BCUT2D eigenvalue weighted by molar-refractivity contribution is 5.93. The van der Waals surface area contributed by atoms with Crippen LogP contribution in [0.15, 0.2) is 24.3 Å². The van der Waals surface area contributed by atoms with E-state index in [4.69, 9.17) is 10.5 Å². The first kappa shape index (κ1) is 21.2. The molecule has 0 aliphatic heterocycles. The van der Waals surface area contributed by atoms with Crippen LogP contribution in [0.2, 0.25) is 0 Å². The van der Waals surface area contributed by atoms with Crippen molar-refractivity contribution in [3.05, 3.63) is 69.0 Å². The zero-order valence-electron chi connectivity index (χ0n) is 18.3. The van der Waals surface area contributed by atoms with Crippen molar-refractivity contribution in [3.63, 3.8) is 0 Å². The molecule has 0 atom stereocenters. The van der Waals surface area contributed by atoms with Crippen LogP contribution in [-0.2, 0) is 11.3 Å². The number of nitrogens with one attached hydrogen (secondary N) is 1. The molecule has 3 rings (SSSR count). The number of aryl methyl sites for hydroxylation is 1. The number of nitrogens with zero attached hydrogens (tertiary/aromatic N) is 3. The summed E-state index contributed by atoms with van der Waals surface area (Å²) in [5, 5.41) is 3.09. The zero-order valence-corrected chi connectivity index (χ0v) is 18.3. The van der Waals surface area contributed by atoms with Gasteiger partial charge in [0.1, 0.15) is 0 Å². The van der Waals surface area contributed by atoms with Crippen molar-refractivity contribution in [1.82, 2.24) is 15.0 Å². The lowest BCUT2D eigenvalue weighted by molar-refractivity contribution is 0.0460. The molecule has 3 aromatic rings. The number of carbonyl (C=O) groups excluding carboxylic acids is 1. The minimum Gasteiger partial charge on any atom is -0.454 e. The molecule has 0 unspecified atom stereocenters. The topological polar surface area (TPSA) is 103 Å². The second-order valence-corrected chi connectivity index (χ2v) is 7.50. The van der Waals surface area contributed by atoms with Crippen molar-refractivity contribution < 1.29 is 9.53 Å². The van der Waals surface area contributed by atoms with Gasteiger partial charge in [-0.1, -0.05) is 17.7 Å². The predicted molar refractivity (Wildman–Crippen MR) is 118 cm³/mol. The van der Waals surface area contributed by atoms with E-state index >= 15 is 0 Å². The first-order valence-electron chi connectivity index (χ1n) is 9.75. The normalized spacial score (nSPS) is 10.7. The molecular formula is C23H27N5O2. The Bertz CT molecular complexity index is 1080. The summed E-state index contributed by atoms with van der Waals surface area (Å²) >= 11 is 0. The molecule has 3 N–H and O–H groups in total. The Morgan fingerprint density at radius 1 is 0.867 bits per heavy atom. The SMILES string of the molecule is Cc1ccc(Nc2nc(N)nc(COC(=O)c3c(C)c(C)c(C)c(C)c3C)n2)cc1. The number of aromatic nitrogens is 3. The number of hydrogen-bond donors (Lipinski definition) is 2. The van der Waals surface area contributed by atoms with Gasteiger partial charge in [-0.05, 0) is 81.5 Å². The molecule has 0 spiro atoms. The van der Waals surface area contributed by atoms with E-state index in [1.54, 1.807) is 0 Å². The second kappa shape index (κ2) is 8.49. The van der Waals surface area contributed by atoms with Gasteiger partial charge in [-0.2, -0.15) is 15.0 Å². The maximum atomic E-state index is 12.8. The molecule has 0 bridgehead atoms. The Balaban J connectivity index is 1.79. The van der Waals surface area contributed by atoms with Crippen LogP contribution in [-0.4, -0.2) is 20.9 Å². The van der Waals surface area contributed by atoms with Gasteiger partial charge in [0.15, 0.2) is 12.4 Å². The minimum absolute atomic E-state index is 0.0556. The third kappa shape index (κ3) is 4.40. The fraction of sp³-hybridized carbons (Fsp3) is 0.304. The third-order valence-electron chi connectivity index (χ3n) is 5.54. The van der Waals surface area contributed by atoms with Gasteiger partial charge in [-0.25, -0.2) is 4.79 Å². The van der Waals surface area contributed by atoms with Gasteiger partial charge in [0.25, 0.3) is 0 Å². The van der Waals surface area contributed by atoms with E-state index in [0.29, 0.717) is 11.5 Å². The summed E-state index contributed by atoms with van der Waals surface area (Å²) < 4.78 is 5.53. The van der Waals surface area contributed by atoms with Crippen LogP contribution in [0.1, 0.15) is 49.6 Å². The van der Waals surface area contributed by atoms with Crippen LogP contribution in [0.25, 0.3) is 0 Å². The highest BCUT2D eigenvalue weighted by Crippen LogP contribution is 2.27. The van der Waals surface area contributed by atoms with E-state index < -0.39 is 5.97 Å². The van der Waals surface area contributed by atoms with E-state index in [9.17, 15) is 4.79 Å². The summed E-state index contributed by atoms with van der Waals surface area (Å²) in [5.74, 6) is 0.233. The average molecular weight is 406 g/mol. The van der Waals surface area contributed by atoms with Crippen molar-refractivity contribution in [3.8, 4) is 0 Å². The molecule has 7 nitrogen and oxygen atoms in total. The Labute approximate surface area is 176 Å². The number of hydrogen-bond acceptors (Lipinski definition) is 7. The molecule has 7 heteroatoms. The van der Waals surface area contributed by atoms with Crippen molar-refractivity contribution in [2.75, 3.05) is 11.1 Å². The highest BCUT2D eigenvalue weighted by atomic mass is 16.5. The lowest BCUT2D eigenvalue weighted by Gasteiger charge is -2.17. The quantitative estimate of drug-likeness (QED) is 0.606. The molecule has 0 amide bonds. The smallest absolute Gasteiger partial charge is 0.339 e.